The minimum Gasteiger partial charge on any atom is -0.329 e. The zero-order valence-corrected chi connectivity index (χ0v) is 15.7. The van der Waals surface area contributed by atoms with Crippen molar-refractivity contribution in [3.63, 3.8) is 0 Å². The van der Waals surface area contributed by atoms with Crippen molar-refractivity contribution in [1.82, 2.24) is 9.80 Å². The molecule has 2 aliphatic rings. The number of rotatable bonds is 3. The second-order valence-corrected chi connectivity index (χ2v) is 7.39. The fourth-order valence-corrected chi connectivity index (χ4v) is 4.02. The van der Waals surface area contributed by atoms with Crippen molar-refractivity contribution in [1.29, 1.82) is 0 Å². The normalized spacial score (nSPS) is 20.9. The van der Waals surface area contributed by atoms with Crippen molar-refractivity contribution in [2.45, 2.75) is 18.9 Å². The molecule has 1 unspecified atom stereocenters. The van der Waals surface area contributed by atoms with Crippen molar-refractivity contribution >= 4 is 17.5 Å². The van der Waals surface area contributed by atoms with Crippen LogP contribution in [0.3, 0.4) is 0 Å². The van der Waals surface area contributed by atoms with Crippen LogP contribution in [0.5, 0.6) is 0 Å². The smallest absolute Gasteiger partial charge is 0.254 e. The fraction of sp³-hybridized carbons (Fsp3) is 0.364. The van der Waals surface area contributed by atoms with Crippen LogP contribution in [0.1, 0.15) is 34.8 Å². The molecule has 1 atom stereocenters. The molecule has 0 radical (unpaired) electrons. The number of carbonyl (C=O) groups excluding carboxylic acids is 2. The predicted molar refractivity (Wildman–Crippen MR) is 106 cm³/mol. The molecule has 2 saturated heterocycles. The Morgan fingerprint density at radius 3 is 2.56 bits per heavy atom. The van der Waals surface area contributed by atoms with Crippen LogP contribution in [0.4, 0.5) is 5.69 Å². The third kappa shape index (κ3) is 3.60. The SMILES string of the molecule is CN1CCN(C(=O)c2cccc(N3CCCC3=O)c2)C(c2ccccc2)C1. The molecule has 0 saturated carbocycles. The van der Waals surface area contributed by atoms with E-state index in [1.807, 2.05) is 47.4 Å². The van der Waals surface area contributed by atoms with Gasteiger partial charge in [0.2, 0.25) is 5.91 Å². The van der Waals surface area contributed by atoms with E-state index in [1.165, 1.54) is 0 Å². The number of carbonyl (C=O) groups is 2. The Morgan fingerprint density at radius 1 is 1.00 bits per heavy atom. The third-order valence-corrected chi connectivity index (χ3v) is 5.51. The van der Waals surface area contributed by atoms with Crippen molar-refractivity contribution in [3.05, 3.63) is 65.7 Å². The summed E-state index contributed by atoms with van der Waals surface area (Å²) in [7, 11) is 2.09. The van der Waals surface area contributed by atoms with E-state index >= 15 is 0 Å². The van der Waals surface area contributed by atoms with Crippen LogP contribution >= 0.6 is 0 Å². The number of hydrogen-bond donors (Lipinski definition) is 0. The topological polar surface area (TPSA) is 43.9 Å². The van der Waals surface area contributed by atoms with E-state index in [0.717, 1.165) is 37.3 Å². The van der Waals surface area contributed by atoms with E-state index in [4.69, 9.17) is 0 Å². The largest absolute Gasteiger partial charge is 0.329 e. The molecule has 27 heavy (non-hydrogen) atoms. The summed E-state index contributed by atoms with van der Waals surface area (Å²) in [5.74, 6) is 0.173. The molecule has 2 aliphatic heterocycles. The van der Waals surface area contributed by atoms with Gasteiger partial charge in [-0.25, -0.2) is 0 Å². The zero-order chi connectivity index (χ0) is 18.8. The van der Waals surface area contributed by atoms with Gasteiger partial charge < -0.3 is 14.7 Å². The zero-order valence-electron chi connectivity index (χ0n) is 15.7. The lowest BCUT2D eigenvalue weighted by Crippen LogP contribution is -2.49. The van der Waals surface area contributed by atoms with E-state index in [2.05, 4.69) is 24.1 Å². The van der Waals surface area contributed by atoms with Crippen molar-refractivity contribution in [3.8, 4) is 0 Å². The highest BCUT2D eigenvalue weighted by atomic mass is 16.2. The van der Waals surface area contributed by atoms with E-state index in [-0.39, 0.29) is 17.9 Å². The van der Waals surface area contributed by atoms with Gasteiger partial charge in [0.25, 0.3) is 5.91 Å². The molecule has 0 bridgehead atoms. The molecule has 0 spiro atoms. The number of benzene rings is 2. The standard InChI is InChI=1S/C22H25N3O2/c1-23-13-14-25(20(16-23)17-7-3-2-4-8-17)22(27)18-9-5-10-19(15-18)24-12-6-11-21(24)26/h2-5,7-10,15,20H,6,11-14,16H2,1H3. The maximum Gasteiger partial charge on any atom is 0.254 e. The van der Waals surface area contributed by atoms with Crippen LogP contribution in [-0.2, 0) is 4.79 Å². The average Bonchev–Trinajstić information content (AvgIpc) is 3.14. The summed E-state index contributed by atoms with van der Waals surface area (Å²) >= 11 is 0. The summed E-state index contributed by atoms with van der Waals surface area (Å²) in [4.78, 5) is 31.4. The van der Waals surface area contributed by atoms with Crippen LogP contribution in [-0.4, -0.2) is 54.8 Å². The Labute approximate surface area is 160 Å². The highest BCUT2D eigenvalue weighted by Crippen LogP contribution is 2.28. The fourth-order valence-electron chi connectivity index (χ4n) is 4.02. The van der Waals surface area contributed by atoms with Crippen LogP contribution in [0.15, 0.2) is 54.6 Å². The molecule has 0 N–H and O–H groups in total. The molecule has 5 heteroatoms. The van der Waals surface area contributed by atoms with E-state index in [0.29, 0.717) is 18.5 Å². The van der Waals surface area contributed by atoms with Gasteiger partial charge in [-0.3, -0.25) is 9.59 Å². The molecule has 5 nitrogen and oxygen atoms in total. The number of nitrogens with zero attached hydrogens (tertiary/aromatic N) is 3. The van der Waals surface area contributed by atoms with Gasteiger partial charge in [-0.05, 0) is 37.2 Å². The number of likely N-dealkylation sites (N-methyl/N-ethyl adjacent to an activating group) is 1. The summed E-state index contributed by atoms with van der Waals surface area (Å²) in [6, 6.07) is 17.8. The molecule has 2 aromatic rings. The molecule has 0 aromatic heterocycles. The van der Waals surface area contributed by atoms with Crippen molar-refractivity contribution < 1.29 is 9.59 Å². The molecule has 4 rings (SSSR count). The van der Waals surface area contributed by atoms with Gasteiger partial charge >= 0.3 is 0 Å². The molecule has 2 heterocycles. The lowest BCUT2D eigenvalue weighted by molar-refractivity contribution is -0.117. The Morgan fingerprint density at radius 2 is 1.81 bits per heavy atom. The van der Waals surface area contributed by atoms with Gasteiger partial charge in [0.15, 0.2) is 0 Å². The Bertz CT molecular complexity index is 836. The number of piperazine rings is 1. The second kappa shape index (κ2) is 7.53. The van der Waals surface area contributed by atoms with Crippen LogP contribution in [0.2, 0.25) is 0 Å². The van der Waals surface area contributed by atoms with Gasteiger partial charge in [0, 0.05) is 43.9 Å². The molecule has 2 fully saturated rings. The summed E-state index contributed by atoms with van der Waals surface area (Å²) in [6.45, 7) is 3.11. The molecular weight excluding hydrogens is 338 g/mol. The van der Waals surface area contributed by atoms with Crippen LogP contribution in [0, 0.1) is 0 Å². The quantitative estimate of drug-likeness (QED) is 0.842. The Kier molecular flexibility index (Phi) is 4.94. The van der Waals surface area contributed by atoms with E-state index in [1.54, 1.807) is 4.90 Å². The third-order valence-electron chi connectivity index (χ3n) is 5.51. The summed E-state index contributed by atoms with van der Waals surface area (Å²) in [6.07, 6.45) is 1.47. The predicted octanol–water partition coefficient (Wildman–Crippen LogP) is 2.94. The molecule has 140 valence electrons. The summed E-state index contributed by atoms with van der Waals surface area (Å²) < 4.78 is 0. The van der Waals surface area contributed by atoms with Crippen molar-refractivity contribution in [2.75, 3.05) is 38.1 Å². The van der Waals surface area contributed by atoms with Crippen LogP contribution < -0.4 is 4.90 Å². The molecule has 2 amide bonds. The number of amides is 2. The average molecular weight is 363 g/mol. The Balaban J connectivity index is 1.62. The Hall–Kier alpha value is -2.66. The monoisotopic (exact) mass is 363 g/mol. The second-order valence-electron chi connectivity index (χ2n) is 7.39. The van der Waals surface area contributed by atoms with Gasteiger partial charge in [-0.15, -0.1) is 0 Å². The van der Waals surface area contributed by atoms with Crippen LogP contribution in [0.25, 0.3) is 0 Å². The number of anilines is 1. The first-order valence-corrected chi connectivity index (χ1v) is 9.58. The molecule has 2 aromatic carbocycles. The highest BCUT2D eigenvalue weighted by molar-refractivity contribution is 5.99. The lowest BCUT2D eigenvalue weighted by atomic mass is 10.0. The van der Waals surface area contributed by atoms with Gasteiger partial charge in [-0.1, -0.05) is 36.4 Å². The maximum absolute atomic E-state index is 13.3. The number of hydrogen-bond acceptors (Lipinski definition) is 3. The molecular formula is C22H25N3O2. The first-order valence-electron chi connectivity index (χ1n) is 9.58. The van der Waals surface area contributed by atoms with Gasteiger partial charge in [0.1, 0.15) is 0 Å². The minimum absolute atomic E-state index is 0.0328. The maximum atomic E-state index is 13.3. The summed E-state index contributed by atoms with van der Waals surface area (Å²) in [5.41, 5.74) is 2.63. The first kappa shape index (κ1) is 17.7. The molecule has 0 aliphatic carbocycles. The van der Waals surface area contributed by atoms with Crippen molar-refractivity contribution in [2.24, 2.45) is 0 Å². The highest BCUT2D eigenvalue weighted by Gasteiger charge is 2.31. The minimum atomic E-state index is 0.0328. The summed E-state index contributed by atoms with van der Waals surface area (Å²) in [5, 5.41) is 0. The van der Waals surface area contributed by atoms with E-state index in [9.17, 15) is 9.59 Å². The van der Waals surface area contributed by atoms with Gasteiger partial charge in [0.05, 0.1) is 6.04 Å². The first-order chi connectivity index (χ1) is 13.1. The lowest BCUT2D eigenvalue weighted by Gasteiger charge is -2.40. The van der Waals surface area contributed by atoms with Gasteiger partial charge in [-0.2, -0.15) is 0 Å². The van der Waals surface area contributed by atoms with E-state index < -0.39 is 0 Å².